The van der Waals surface area contributed by atoms with Gasteiger partial charge in [-0.25, -0.2) is 0 Å². The zero-order valence-electron chi connectivity index (χ0n) is 13.6. The van der Waals surface area contributed by atoms with Crippen molar-refractivity contribution < 1.29 is 24.2 Å². The van der Waals surface area contributed by atoms with Crippen molar-refractivity contribution in [3.8, 4) is 11.5 Å². The molecule has 0 spiro atoms. The first-order valence-electron chi connectivity index (χ1n) is 8.08. The number of hydrogen-bond acceptors (Lipinski definition) is 4. The van der Waals surface area contributed by atoms with Gasteiger partial charge in [0.05, 0.1) is 6.42 Å². The van der Waals surface area contributed by atoms with Crippen LogP contribution in [-0.4, -0.2) is 30.2 Å². The zero-order chi connectivity index (χ0) is 17.6. The monoisotopic (exact) mass is 341 g/mol. The van der Waals surface area contributed by atoms with Gasteiger partial charge >= 0.3 is 5.97 Å². The van der Waals surface area contributed by atoms with E-state index in [0.717, 1.165) is 5.56 Å². The number of fused-ring (bicyclic) bond motifs is 1. The number of aliphatic carboxylic acids is 1. The second-order valence-corrected chi connectivity index (χ2v) is 5.82. The average molecular weight is 341 g/mol. The SMILES string of the molecule is O=C(O)C[C@@H](CC(=O)Nc1ccc2c(c1)OCCO2)c1ccccc1. The number of carboxylic acid groups (broad SMARTS) is 1. The molecule has 6 nitrogen and oxygen atoms in total. The highest BCUT2D eigenvalue weighted by atomic mass is 16.6. The fourth-order valence-electron chi connectivity index (χ4n) is 2.80. The van der Waals surface area contributed by atoms with Crippen LogP contribution in [0.1, 0.15) is 24.3 Å². The highest BCUT2D eigenvalue weighted by molar-refractivity contribution is 5.92. The predicted octanol–water partition coefficient (Wildman–Crippen LogP) is 3.04. The number of carboxylic acids is 1. The number of amides is 1. The molecule has 1 atom stereocenters. The van der Waals surface area contributed by atoms with Crippen LogP contribution in [0.4, 0.5) is 5.69 Å². The molecule has 130 valence electrons. The average Bonchev–Trinajstić information content (AvgIpc) is 2.61. The van der Waals surface area contributed by atoms with Gasteiger partial charge in [0.2, 0.25) is 5.91 Å². The molecule has 0 bridgehead atoms. The van der Waals surface area contributed by atoms with Crippen molar-refractivity contribution in [3.63, 3.8) is 0 Å². The van der Waals surface area contributed by atoms with Gasteiger partial charge in [0.1, 0.15) is 13.2 Å². The molecular formula is C19H19NO5. The van der Waals surface area contributed by atoms with Crippen LogP contribution in [0.15, 0.2) is 48.5 Å². The van der Waals surface area contributed by atoms with E-state index in [1.165, 1.54) is 0 Å². The molecule has 6 heteroatoms. The Bertz CT molecular complexity index is 760. The zero-order valence-corrected chi connectivity index (χ0v) is 13.6. The molecule has 3 rings (SSSR count). The van der Waals surface area contributed by atoms with Gasteiger partial charge in [0.15, 0.2) is 11.5 Å². The lowest BCUT2D eigenvalue weighted by Gasteiger charge is -2.19. The lowest BCUT2D eigenvalue weighted by atomic mass is 9.92. The molecule has 0 saturated heterocycles. The van der Waals surface area contributed by atoms with Crippen molar-refractivity contribution in [2.24, 2.45) is 0 Å². The Labute approximate surface area is 145 Å². The quantitative estimate of drug-likeness (QED) is 0.843. The van der Waals surface area contributed by atoms with Gasteiger partial charge in [-0.3, -0.25) is 9.59 Å². The fourth-order valence-corrected chi connectivity index (χ4v) is 2.80. The Kier molecular flexibility index (Phi) is 5.18. The first-order valence-corrected chi connectivity index (χ1v) is 8.08. The largest absolute Gasteiger partial charge is 0.486 e. The molecule has 2 aromatic carbocycles. The maximum atomic E-state index is 12.4. The van der Waals surface area contributed by atoms with Crippen LogP contribution >= 0.6 is 0 Å². The first-order chi connectivity index (χ1) is 12.1. The molecule has 1 heterocycles. The molecule has 1 amide bonds. The minimum absolute atomic E-state index is 0.0881. The summed E-state index contributed by atoms with van der Waals surface area (Å²) in [6.45, 7) is 0.978. The minimum atomic E-state index is -0.930. The van der Waals surface area contributed by atoms with Crippen molar-refractivity contribution in [3.05, 3.63) is 54.1 Å². The number of hydrogen-bond donors (Lipinski definition) is 2. The van der Waals surface area contributed by atoms with E-state index in [1.54, 1.807) is 18.2 Å². The van der Waals surface area contributed by atoms with Gasteiger partial charge in [0, 0.05) is 24.1 Å². The van der Waals surface area contributed by atoms with E-state index in [1.807, 2.05) is 30.3 Å². The summed E-state index contributed by atoms with van der Waals surface area (Å²) in [5.41, 5.74) is 1.43. The Morgan fingerprint density at radius 2 is 1.72 bits per heavy atom. The van der Waals surface area contributed by atoms with Gasteiger partial charge in [-0.1, -0.05) is 30.3 Å². The highest BCUT2D eigenvalue weighted by Crippen LogP contribution is 2.33. The summed E-state index contributed by atoms with van der Waals surface area (Å²) in [7, 11) is 0. The van der Waals surface area contributed by atoms with Gasteiger partial charge in [-0.05, 0) is 17.7 Å². The summed E-state index contributed by atoms with van der Waals surface area (Å²) in [5.74, 6) is -0.310. The molecule has 2 N–H and O–H groups in total. The van der Waals surface area contributed by atoms with Crippen LogP contribution in [0.3, 0.4) is 0 Å². The van der Waals surface area contributed by atoms with E-state index in [0.29, 0.717) is 30.4 Å². The van der Waals surface area contributed by atoms with Crippen molar-refractivity contribution in [1.29, 1.82) is 0 Å². The maximum absolute atomic E-state index is 12.4. The Hall–Kier alpha value is -3.02. The first kappa shape index (κ1) is 16.8. The molecular weight excluding hydrogens is 322 g/mol. The molecule has 0 aliphatic carbocycles. The standard InChI is InChI=1S/C19H19NO5/c21-18(10-14(11-19(22)23)13-4-2-1-3-5-13)20-15-6-7-16-17(12-15)25-9-8-24-16/h1-7,12,14H,8-11H2,(H,20,21)(H,22,23)/t14-/m1/s1. The Morgan fingerprint density at radius 3 is 2.44 bits per heavy atom. The van der Waals surface area contributed by atoms with Crippen molar-refractivity contribution >= 4 is 17.6 Å². The summed E-state index contributed by atoms with van der Waals surface area (Å²) in [6.07, 6.45) is -0.0106. The van der Waals surface area contributed by atoms with E-state index in [9.17, 15) is 9.59 Å². The topological polar surface area (TPSA) is 84.9 Å². The fraction of sp³-hybridized carbons (Fsp3) is 0.263. The van der Waals surface area contributed by atoms with E-state index in [2.05, 4.69) is 5.32 Å². The Morgan fingerprint density at radius 1 is 1.00 bits per heavy atom. The Balaban J connectivity index is 1.68. The number of carbonyl (C=O) groups excluding carboxylic acids is 1. The molecule has 0 unspecified atom stereocenters. The van der Waals surface area contributed by atoms with Crippen LogP contribution < -0.4 is 14.8 Å². The number of carbonyl (C=O) groups is 2. The van der Waals surface area contributed by atoms with E-state index in [4.69, 9.17) is 14.6 Å². The summed E-state index contributed by atoms with van der Waals surface area (Å²) < 4.78 is 10.9. The number of benzene rings is 2. The number of ether oxygens (including phenoxy) is 2. The highest BCUT2D eigenvalue weighted by Gasteiger charge is 2.20. The van der Waals surface area contributed by atoms with Gasteiger partial charge < -0.3 is 19.9 Å². The summed E-state index contributed by atoms with van der Waals surface area (Å²) in [4.78, 5) is 23.5. The van der Waals surface area contributed by atoms with Crippen LogP contribution in [0.5, 0.6) is 11.5 Å². The third kappa shape index (κ3) is 4.50. The van der Waals surface area contributed by atoms with E-state index >= 15 is 0 Å². The van der Waals surface area contributed by atoms with Crippen molar-refractivity contribution in [1.82, 2.24) is 0 Å². The van der Waals surface area contributed by atoms with Gasteiger partial charge in [-0.15, -0.1) is 0 Å². The predicted molar refractivity (Wildman–Crippen MR) is 92.1 cm³/mol. The molecule has 1 aliphatic heterocycles. The van der Waals surface area contributed by atoms with Crippen LogP contribution in [0.25, 0.3) is 0 Å². The molecule has 0 saturated carbocycles. The van der Waals surface area contributed by atoms with Crippen molar-refractivity contribution in [2.45, 2.75) is 18.8 Å². The molecule has 0 radical (unpaired) electrons. The molecule has 1 aliphatic rings. The lowest BCUT2D eigenvalue weighted by Crippen LogP contribution is -2.18. The molecule has 0 fully saturated rings. The van der Waals surface area contributed by atoms with Crippen molar-refractivity contribution in [2.75, 3.05) is 18.5 Å². The van der Waals surface area contributed by atoms with E-state index in [-0.39, 0.29) is 24.7 Å². The number of rotatable bonds is 6. The third-order valence-corrected chi connectivity index (χ3v) is 3.95. The molecule has 0 aromatic heterocycles. The van der Waals surface area contributed by atoms with E-state index < -0.39 is 5.97 Å². The number of nitrogens with one attached hydrogen (secondary N) is 1. The second kappa shape index (κ2) is 7.70. The minimum Gasteiger partial charge on any atom is -0.486 e. The molecule has 2 aromatic rings. The smallest absolute Gasteiger partial charge is 0.303 e. The second-order valence-electron chi connectivity index (χ2n) is 5.82. The van der Waals surface area contributed by atoms with Crippen LogP contribution in [-0.2, 0) is 9.59 Å². The summed E-state index contributed by atoms with van der Waals surface area (Å²) >= 11 is 0. The maximum Gasteiger partial charge on any atom is 0.303 e. The molecule has 25 heavy (non-hydrogen) atoms. The summed E-state index contributed by atoms with van der Waals surface area (Å²) in [5, 5.41) is 11.9. The van der Waals surface area contributed by atoms with Gasteiger partial charge in [-0.2, -0.15) is 0 Å². The normalized spacial score (nSPS) is 13.8. The van der Waals surface area contributed by atoms with Crippen LogP contribution in [0, 0.1) is 0 Å². The van der Waals surface area contributed by atoms with Crippen LogP contribution in [0.2, 0.25) is 0 Å². The third-order valence-electron chi connectivity index (χ3n) is 3.95. The van der Waals surface area contributed by atoms with Gasteiger partial charge in [0.25, 0.3) is 0 Å². The lowest BCUT2D eigenvalue weighted by molar-refractivity contribution is -0.137. The summed E-state index contributed by atoms with van der Waals surface area (Å²) in [6, 6.07) is 14.4. The number of anilines is 1.